The molecular formula is C21H26FN3O2. The van der Waals surface area contributed by atoms with E-state index in [1.54, 1.807) is 12.1 Å². The Labute approximate surface area is 159 Å². The van der Waals surface area contributed by atoms with Gasteiger partial charge in [-0.2, -0.15) is 0 Å². The van der Waals surface area contributed by atoms with Crippen LogP contribution in [-0.4, -0.2) is 25.7 Å². The van der Waals surface area contributed by atoms with Crippen LogP contribution < -0.4 is 20.5 Å². The van der Waals surface area contributed by atoms with Crippen LogP contribution in [-0.2, 0) is 5.41 Å². The summed E-state index contributed by atoms with van der Waals surface area (Å²) in [5, 5.41) is 3.11. The Balaban J connectivity index is 1.73. The van der Waals surface area contributed by atoms with Crippen LogP contribution in [0.1, 0.15) is 32.3 Å². The van der Waals surface area contributed by atoms with Gasteiger partial charge in [0.05, 0.1) is 25.4 Å². The first-order valence-electron chi connectivity index (χ1n) is 9.29. The molecule has 0 saturated heterocycles. The van der Waals surface area contributed by atoms with Crippen LogP contribution in [0.25, 0.3) is 0 Å². The molecule has 0 heterocycles. The number of aliphatic imine (C=N–C) groups is 1. The van der Waals surface area contributed by atoms with Gasteiger partial charge in [0.25, 0.3) is 0 Å². The molecule has 0 spiro atoms. The molecule has 3 N–H and O–H groups in total. The average Bonchev–Trinajstić information content (AvgIpc) is 3.44. The number of hydrogen-bond donors (Lipinski definition) is 2. The molecule has 5 nitrogen and oxygen atoms in total. The van der Waals surface area contributed by atoms with E-state index in [9.17, 15) is 4.39 Å². The maximum absolute atomic E-state index is 13.5. The molecular weight excluding hydrogens is 345 g/mol. The second kappa shape index (κ2) is 8.29. The van der Waals surface area contributed by atoms with Crippen molar-refractivity contribution in [3.05, 3.63) is 53.8 Å². The highest BCUT2D eigenvalue weighted by molar-refractivity contribution is 5.94. The Morgan fingerprint density at radius 2 is 1.93 bits per heavy atom. The first-order valence-corrected chi connectivity index (χ1v) is 9.29. The van der Waals surface area contributed by atoms with Crippen molar-refractivity contribution in [2.75, 3.05) is 25.1 Å². The molecule has 0 unspecified atom stereocenters. The SMILES string of the molecule is CCOc1ccc(OCC)c(NC(N)=NCC2(c3cccc(F)c3)CC2)c1. The molecule has 2 aromatic rings. The van der Waals surface area contributed by atoms with Gasteiger partial charge in [0, 0.05) is 11.5 Å². The third-order valence-corrected chi connectivity index (χ3v) is 4.67. The third-order valence-electron chi connectivity index (χ3n) is 4.67. The minimum Gasteiger partial charge on any atom is -0.494 e. The lowest BCUT2D eigenvalue weighted by atomic mass is 9.96. The summed E-state index contributed by atoms with van der Waals surface area (Å²) in [6, 6.07) is 12.3. The second-order valence-corrected chi connectivity index (χ2v) is 6.64. The van der Waals surface area contributed by atoms with Gasteiger partial charge in [0.2, 0.25) is 0 Å². The highest BCUT2D eigenvalue weighted by Crippen LogP contribution is 2.48. The van der Waals surface area contributed by atoms with E-state index in [1.807, 2.05) is 38.1 Å². The quantitative estimate of drug-likeness (QED) is 0.542. The van der Waals surface area contributed by atoms with Crippen molar-refractivity contribution in [1.29, 1.82) is 0 Å². The van der Waals surface area contributed by atoms with Crippen LogP contribution in [0.3, 0.4) is 0 Å². The number of ether oxygens (including phenoxy) is 2. The third kappa shape index (κ3) is 4.70. The lowest BCUT2D eigenvalue weighted by Gasteiger charge is -2.16. The van der Waals surface area contributed by atoms with Gasteiger partial charge < -0.3 is 20.5 Å². The van der Waals surface area contributed by atoms with Crippen molar-refractivity contribution < 1.29 is 13.9 Å². The van der Waals surface area contributed by atoms with Gasteiger partial charge in [-0.05, 0) is 56.5 Å². The lowest BCUT2D eigenvalue weighted by molar-refractivity contribution is 0.332. The molecule has 2 aromatic carbocycles. The molecule has 0 aromatic heterocycles. The summed E-state index contributed by atoms with van der Waals surface area (Å²) in [7, 11) is 0. The molecule has 0 aliphatic heterocycles. The molecule has 0 amide bonds. The molecule has 0 bridgehead atoms. The second-order valence-electron chi connectivity index (χ2n) is 6.64. The van der Waals surface area contributed by atoms with Crippen molar-refractivity contribution in [3.63, 3.8) is 0 Å². The maximum atomic E-state index is 13.5. The molecule has 1 saturated carbocycles. The van der Waals surface area contributed by atoms with Gasteiger partial charge in [-0.1, -0.05) is 12.1 Å². The summed E-state index contributed by atoms with van der Waals surface area (Å²) in [4.78, 5) is 4.50. The number of halogens is 1. The van der Waals surface area contributed by atoms with Crippen LogP contribution >= 0.6 is 0 Å². The topological polar surface area (TPSA) is 68.9 Å². The van der Waals surface area contributed by atoms with Crippen molar-refractivity contribution >= 4 is 11.6 Å². The van der Waals surface area contributed by atoms with Crippen molar-refractivity contribution in [2.45, 2.75) is 32.1 Å². The zero-order chi connectivity index (χ0) is 19.3. The fraction of sp³-hybridized carbons (Fsp3) is 0.381. The largest absolute Gasteiger partial charge is 0.494 e. The van der Waals surface area contributed by atoms with Crippen molar-refractivity contribution in [1.82, 2.24) is 0 Å². The number of hydrogen-bond acceptors (Lipinski definition) is 3. The van der Waals surface area contributed by atoms with Crippen LogP contribution in [0.2, 0.25) is 0 Å². The Hall–Kier alpha value is -2.76. The highest BCUT2D eigenvalue weighted by Gasteiger charge is 2.44. The summed E-state index contributed by atoms with van der Waals surface area (Å²) in [5.41, 5.74) is 7.69. The first-order chi connectivity index (χ1) is 13.1. The van der Waals surface area contributed by atoms with Crippen LogP contribution in [0, 0.1) is 5.82 Å². The zero-order valence-corrected chi connectivity index (χ0v) is 15.8. The van der Waals surface area contributed by atoms with E-state index in [-0.39, 0.29) is 11.2 Å². The Morgan fingerprint density at radius 3 is 2.59 bits per heavy atom. The van der Waals surface area contributed by atoms with Crippen molar-refractivity contribution in [2.24, 2.45) is 10.7 Å². The van der Waals surface area contributed by atoms with E-state index in [1.165, 1.54) is 6.07 Å². The fourth-order valence-electron chi connectivity index (χ4n) is 3.07. The van der Waals surface area contributed by atoms with E-state index in [0.29, 0.717) is 37.2 Å². The number of nitrogens with two attached hydrogens (primary N) is 1. The molecule has 1 aliphatic carbocycles. The van der Waals surface area contributed by atoms with Gasteiger partial charge in [-0.3, -0.25) is 4.99 Å². The molecule has 0 atom stereocenters. The van der Waals surface area contributed by atoms with E-state index >= 15 is 0 Å². The minimum absolute atomic E-state index is 0.107. The minimum atomic E-state index is -0.219. The Kier molecular flexibility index (Phi) is 5.84. The van der Waals surface area contributed by atoms with E-state index < -0.39 is 0 Å². The fourth-order valence-corrected chi connectivity index (χ4v) is 3.07. The smallest absolute Gasteiger partial charge is 0.193 e. The Bertz CT molecular complexity index is 819. The maximum Gasteiger partial charge on any atom is 0.193 e. The summed E-state index contributed by atoms with van der Waals surface area (Å²) >= 11 is 0. The van der Waals surface area contributed by atoms with E-state index in [2.05, 4.69) is 10.3 Å². The molecule has 3 rings (SSSR count). The number of nitrogens with zero attached hydrogens (tertiary/aromatic N) is 1. The van der Waals surface area contributed by atoms with Crippen molar-refractivity contribution in [3.8, 4) is 11.5 Å². The predicted molar refractivity (Wildman–Crippen MR) is 106 cm³/mol. The molecule has 1 aliphatic rings. The van der Waals surface area contributed by atoms with Gasteiger partial charge in [-0.15, -0.1) is 0 Å². The molecule has 0 radical (unpaired) electrons. The first kappa shape index (κ1) is 19.0. The number of nitrogens with one attached hydrogen (secondary N) is 1. The van der Waals surface area contributed by atoms with Gasteiger partial charge >= 0.3 is 0 Å². The van der Waals surface area contributed by atoms with Gasteiger partial charge in [-0.25, -0.2) is 4.39 Å². The van der Waals surface area contributed by atoms with Crippen LogP contribution in [0.4, 0.5) is 10.1 Å². The number of rotatable bonds is 8. The monoisotopic (exact) mass is 371 g/mol. The van der Waals surface area contributed by atoms with Crippen LogP contribution in [0.15, 0.2) is 47.5 Å². The molecule has 27 heavy (non-hydrogen) atoms. The molecule has 144 valence electrons. The summed E-state index contributed by atoms with van der Waals surface area (Å²) in [5.74, 6) is 1.50. The summed E-state index contributed by atoms with van der Waals surface area (Å²) in [6.45, 7) is 5.49. The summed E-state index contributed by atoms with van der Waals surface area (Å²) in [6.07, 6.45) is 1.97. The standard InChI is InChI=1S/C21H26FN3O2/c1-3-26-17-8-9-19(27-4-2)18(13-17)25-20(23)24-14-21(10-11-21)15-6-5-7-16(22)12-15/h5-9,12-13H,3-4,10-11,14H2,1-2H3,(H3,23,24,25). The Morgan fingerprint density at radius 1 is 1.15 bits per heavy atom. The molecule has 1 fully saturated rings. The van der Waals surface area contributed by atoms with E-state index in [0.717, 1.165) is 24.2 Å². The predicted octanol–water partition coefficient (Wildman–Crippen LogP) is 4.08. The number of anilines is 1. The van der Waals surface area contributed by atoms with Gasteiger partial charge in [0.1, 0.15) is 17.3 Å². The lowest BCUT2D eigenvalue weighted by Crippen LogP contribution is -2.25. The molecule has 6 heteroatoms. The van der Waals surface area contributed by atoms with Crippen LogP contribution in [0.5, 0.6) is 11.5 Å². The average molecular weight is 371 g/mol. The van der Waals surface area contributed by atoms with Gasteiger partial charge in [0.15, 0.2) is 5.96 Å². The number of benzene rings is 2. The number of guanidine groups is 1. The highest BCUT2D eigenvalue weighted by atomic mass is 19.1. The van der Waals surface area contributed by atoms with E-state index in [4.69, 9.17) is 15.2 Å². The summed E-state index contributed by atoms with van der Waals surface area (Å²) < 4.78 is 24.7. The zero-order valence-electron chi connectivity index (χ0n) is 15.8. The normalized spacial score (nSPS) is 15.3.